The topological polar surface area (TPSA) is 49.4 Å². The first-order valence-electron chi connectivity index (χ1n) is 10.0. The van der Waals surface area contributed by atoms with E-state index >= 15 is 0 Å². The van der Waals surface area contributed by atoms with Gasteiger partial charge in [0.2, 0.25) is 11.8 Å². The van der Waals surface area contributed by atoms with Crippen LogP contribution in [0.25, 0.3) is 0 Å². The first-order chi connectivity index (χ1) is 14.3. The zero-order valence-corrected chi connectivity index (χ0v) is 18.2. The monoisotopic (exact) mass is 436 g/mol. The molecule has 0 aromatic heterocycles. The second-order valence-corrected chi connectivity index (χ2v) is 7.67. The number of rotatable bonds is 9. The maximum atomic E-state index is 14.2. The molecule has 162 valence electrons. The molecule has 2 aromatic rings. The molecule has 0 spiro atoms. The van der Waals surface area contributed by atoms with Crippen molar-refractivity contribution >= 4 is 23.4 Å². The molecule has 0 unspecified atom stereocenters. The van der Waals surface area contributed by atoms with Crippen molar-refractivity contribution in [2.75, 3.05) is 0 Å². The molecule has 2 atom stereocenters. The van der Waals surface area contributed by atoms with Gasteiger partial charge in [-0.15, -0.1) is 0 Å². The number of hydrogen-bond donors (Lipinski definition) is 1. The molecule has 30 heavy (non-hydrogen) atoms. The van der Waals surface area contributed by atoms with Gasteiger partial charge in [-0.05, 0) is 49.6 Å². The SMILES string of the molecule is CC[C@@H](C)NC(=O)[C@H](CC)N(Cc1ccc(F)cc1)C(=O)Cc1c(F)cccc1Cl. The summed E-state index contributed by atoms with van der Waals surface area (Å²) >= 11 is 6.09. The minimum atomic E-state index is -0.748. The van der Waals surface area contributed by atoms with Crippen LogP contribution in [0.2, 0.25) is 5.02 Å². The molecule has 2 rings (SSSR count). The average molecular weight is 437 g/mol. The van der Waals surface area contributed by atoms with Crippen LogP contribution < -0.4 is 5.32 Å². The van der Waals surface area contributed by atoms with Gasteiger partial charge in [0.25, 0.3) is 0 Å². The third kappa shape index (κ3) is 6.26. The fourth-order valence-corrected chi connectivity index (χ4v) is 3.33. The highest BCUT2D eigenvalue weighted by molar-refractivity contribution is 6.31. The van der Waals surface area contributed by atoms with E-state index in [0.29, 0.717) is 12.0 Å². The lowest BCUT2D eigenvalue weighted by Crippen LogP contribution is -2.51. The van der Waals surface area contributed by atoms with E-state index in [1.54, 1.807) is 12.1 Å². The second-order valence-electron chi connectivity index (χ2n) is 7.27. The summed E-state index contributed by atoms with van der Waals surface area (Å²) in [7, 11) is 0. The van der Waals surface area contributed by atoms with E-state index in [2.05, 4.69) is 5.32 Å². The molecule has 0 aliphatic carbocycles. The van der Waals surface area contributed by atoms with Crippen molar-refractivity contribution in [1.29, 1.82) is 0 Å². The van der Waals surface area contributed by atoms with Crippen LogP contribution in [0, 0.1) is 11.6 Å². The zero-order valence-electron chi connectivity index (χ0n) is 17.4. The molecule has 2 amide bonds. The van der Waals surface area contributed by atoms with Crippen molar-refractivity contribution in [3.63, 3.8) is 0 Å². The predicted octanol–water partition coefficient (Wildman–Crippen LogP) is 4.88. The summed E-state index contributed by atoms with van der Waals surface area (Å²) in [6.45, 7) is 5.74. The van der Waals surface area contributed by atoms with Crippen molar-refractivity contribution in [2.24, 2.45) is 0 Å². The molecule has 7 heteroatoms. The minimum absolute atomic E-state index is 0.0460. The number of hydrogen-bond acceptors (Lipinski definition) is 2. The molecule has 0 heterocycles. The summed E-state index contributed by atoms with van der Waals surface area (Å²) in [5.41, 5.74) is 0.754. The van der Waals surface area contributed by atoms with Crippen molar-refractivity contribution in [2.45, 2.75) is 58.7 Å². The molecule has 4 nitrogen and oxygen atoms in total. The lowest BCUT2D eigenvalue weighted by atomic mass is 10.1. The maximum Gasteiger partial charge on any atom is 0.243 e. The Hall–Kier alpha value is -2.47. The number of nitrogens with zero attached hydrogens (tertiary/aromatic N) is 1. The van der Waals surface area contributed by atoms with Gasteiger partial charge in [-0.2, -0.15) is 0 Å². The van der Waals surface area contributed by atoms with E-state index < -0.39 is 23.6 Å². The van der Waals surface area contributed by atoms with Crippen LogP contribution in [0.3, 0.4) is 0 Å². The third-order valence-electron chi connectivity index (χ3n) is 5.04. The van der Waals surface area contributed by atoms with E-state index in [9.17, 15) is 18.4 Å². The lowest BCUT2D eigenvalue weighted by molar-refractivity contribution is -0.141. The van der Waals surface area contributed by atoms with Gasteiger partial charge < -0.3 is 10.2 Å². The van der Waals surface area contributed by atoms with Gasteiger partial charge >= 0.3 is 0 Å². The Morgan fingerprint density at radius 1 is 1.07 bits per heavy atom. The predicted molar refractivity (Wildman–Crippen MR) is 114 cm³/mol. The van der Waals surface area contributed by atoms with Crippen LogP contribution in [0.5, 0.6) is 0 Å². The van der Waals surface area contributed by atoms with Crippen molar-refractivity contribution in [3.05, 3.63) is 70.2 Å². The van der Waals surface area contributed by atoms with E-state index in [0.717, 1.165) is 6.42 Å². The first-order valence-corrected chi connectivity index (χ1v) is 10.4. The molecule has 2 aromatic carbocycles. The Balaban J connectivity index is 2.34. The number of halogens is 3. The summed E-state index contributed by atoms with van der Waals surface area (Å²) in [5.74, 6) is -1.68. The number of benzene rings is 2. The Bertz CT molecular complexity index is 854. The highest BCUT2D eigenvalue weighted by Crippen LogP contribution is 2.22. The molecule has 0 aliphatic rings. The molecule has 0 bridgehead atoms. The lowest BCUT2D eigenvalue weighted by Gasteiger charge is -2.31. The number of carbonyl (C=O) groups excluding carboxylic acids is 2. The Morgan fingerprint density at radius 2 is 1.73 bits per heavy atom. The number of amides is 2. The van der Waals surface area contributed by atoms with Crippen molar-refractivity contribution < 1.29 is 18.4 Å². The second kappa shape index (κ2) is 11.1. The summed E-state index contributed by atoms with van der Waals surface area (Å²) < 4.78 is 27.5. The highest BCUT2D eigenvalue weighted by atomic mass is 35.5. The molecule has 1 N–H and O–H groups in total. The van der Waals surface area contributed by atoms with Crippen molar-refractivity contribution in [3.8, 4) is 0 Å². The molecule has 0 radical (unpaired) electrons. The van der Waals surface area contributed by atoms with Crippen LogP contribution in [0.4, 0.5) is 8.78 Å². The summed E-state index contributed by atoms with van der Waals surface area (Å²) in [5, 5.41) is 3.06. The smallest absolute Gasteiger partial charge is 0.243 e. The Labute approximate surface area is 181 Å². The Morgan fingerprint density at radius 3 is 2.30 bits per heavy atom. The molecular weight excluding hydrogens is 410 g/mol. The van der Waals surface area contributed by atoms with E-state index in [1.807, 2.05) is 20.8 Å². The van der Waals surface area contributed by atoms with Crippen LogP contribution in [-0.2, 0) is 22.6 Å². The van der Waals surface area contributed by atoms with Crippen LogP contribution >= 0.6 is 11.6 Å². The highest BCUT2D eigenvalue weighted by Gasteiger charge is 2.30. The molecular formula is C23H27ClF2N2O2. The summed E-state index contributed by atoms with van der Waals surface area (Å²) in [4.78, 5) is 27.5. The summed E-state index contributed by atoms with van der Waals surface area (Å²) in [6.07, 6.45) is 0.846. The normalized spacial score (nSPS) is 12.9. The molecule has 0 aliphatic heterocycles. The van der Waals surface area contributed by atoms with Gasteiger partial charge in [-0.3, -0.25) is 9.59 Å². The largest absolute Gasteiger partial charge is 0.352 e. The van der Waals surface area contributed by atoms with Gasteiger partial charge in [0, 0.05) is 23.2 Å². The average Bonchev–Trinajstić information content (AvgIpc) is 2.71. The van der Waals surface area contributed by atoms with Crippen LogP contribution in [0.1, 0.15) is 44.7 Å². The summed E-state index contributed by atoms with van der Waals surface area (Å²) in [6, 6.07) is 9.15. The zero-order chi connectivity index (χ0) is 22.3. The van der Waals surface area contributed by atoms with Crippen molar-refractivity contribution in [1.82, 2.24) is 10.2 Å². The van der Waals surface area contributed by atoms with Gasteiger partial charge in [0.1, 0.15) is 17.7 Å². The van der Waals surface area contributed by atoms with Crippen LogP contribution in [-0.4, -0.2) is 28.8 Å². The number of nitrogens with one attached hydrogen (secondary N) is 1. The van der Waals surface area contributed by atoms with E-state index in [4.69, 9.17) is 11.6 Å². The third-order valence-corrected chi connectivity index (χ3v) is 5.40. The molecule has 0 saturated heterocycles. The van der Waals surface area contributed by atoms with Gasteiger partial charge in [-0.1, -0.05) is 43.6 Å². The molecule has 0 fully saturated rings. The first kappa shape index (κ1) is 23.8. The quantitative estimate of drug-likeness (QED) is 0.608. The molecule has 0 saturated carbocycles. The standard InChI is InChI=1S/C23H27ClF2N2O2/c1-4-15(3)27-23(30)21(5-2)28(14-16-9-11-17(25)12-10-16)22(29)13-18-19(24)7-6-8-20(18)26/h6-12,15,21H,4-5,13-14H2,1-3H3,(H,27,30)/t15-,21+/m1/s1. The van der Waals surface area contributed by atoms with Gasteiger partial charge in [-0.25, -0.2) is 8.78 Å². The fourth-order valence-electron chi connectivity index (χ4n) is 3.10. The van der Waals surface area contributed by atoms with Crippen LogP contribution in [0.15, 0.2) is 42.5 Å². The fraction of sp³-hybridized carbons (Fsp3) is 0.391. The number of carbonyl (C=O) groups is 2. The van der Waals surface area contributed by atoms with Gasteiger partial charge in [0.05, 0.1) is 6.42 Å². The van der Waals surface area contributed by atoms with E-state index in [-0.39, 0.29) is 35.5 Å². The maximum absolute atomic E-state index is 14.2. The van der Waals surface area contributed by atoms with Gasteiger partial charge in [0.15, 0.2) is 0 Å². The van der Waals surface area contributed by atoms with E-state index in [1.165, 1.54) is 35.2 Å². The Kier molecular flexibility index (Phi) is 8.78. The minimum Gasteiger partial charge on any atom is -0.352 e.